The number of carbonyl (C=O) groups excluding carboxylic acids is 4. The fourth-order valence-corrected chi connectivity index (χ4v) is 4.96. The maximum Gasteiger partial charge on any atom is 0.408 e. The number of anilines is 1. The number of phenols is 1. The SMILES string of the molecule is CCCCCCN(C(=O)C(CC(N)=O)NC(=O)OC(C)(C)C)C(C(=O)Nc1ccc2ccccc2c1)c1cccc(C)c1O. The number of ether oxygens (including phenoxy) is 1. The number of primary amides is 1. The fraction of sp³-hybridized carbons (Fsp3) is 0.412. The molecule has 0 saturated heterocycles. The van der Waals surface area contributed by atoms with Crippen LogP contribution in [0.25, 0.3) is 10.8 Å². The largest absolute Gasteiger partial charge is 0.507 e. The molecule has 2 unspecified atom stereocenters. The first-order chi connectivity index (χ1) is 20.8. The van der Waals surface area contributed by atoms with E-state index in [-0.39, 0.29) is 17.9 Å². The molecule has 0 heterocycles. The van der Waals surface area contributed by atoms with Crippen LogP contribution in [0.2, 0.25) is 0 Å². The molecule has 10 heteroatoms. The van der Waals surface area contributed by atoms with E-state index >= 15 is 0 Å². The first-order valence-electron chi connectivity index (χ1n) is 15.0. The van der Waals surface area contributed by atoms with Gasteiger partial charge in [0.05, 0.1) is 6.42 Å². The number of nitrogens with one attached hydrogen (secondary N) is 2. The van der Waals surface area contributed by atoms with Gasteiger partial charge in [0.15, 0.2) is 0 Å². The number of nitrogens with two attached hydrogens (primary N) is 1. The number of alkyl carbamates (subject to hydrolysis) is 1. The van der Waals surface area contributed by atoms with Gasteiger partial charge in [-0.2, -0.15) is 0 Å². The van der Waals surface area contributed by atoms with Gasteiger partial charge in [-0.05, 0) is 62.6 Å². The molecule has 0 aliphatic heterocycles. The zero-order chi connectivity index (χ0) is 32.4. The molecule has 0 radical (unpaired) electrons. The number of aromatic hydroxyl groups is 1. The van der Waals surface area contributed by atoms with Crippen LogP contribution in [0.15, 0.2) is 60.7 Å². The Hall–Kier alpha value is -4.60. The quantitative estimate of drug-likeness (QED) is 0.184. The number of aryl methyl sites for hydroxylation is 1. The van der Waals surface area contributed by atoms with E-state index in [4.69, 9.17) is 10.5 Å². The van der Waals surface area contributed by atoms with Crippen molar-refractivity contribution in [2.75, 3.05) is 11.9 Å². The monoisotopic (exact) mass is 604 g/mol. The Morgan fingerprint density at radius 1 is 0.955 bits per heavy atom. The predicted octanol–water partition coefficient (Wildman–Crippen LogP) is 5.71. The van der Waals surface area contributed by atoms with E-state index < -0.39 is 47.9 Å². The number of fused-ring (bicyclic) bond motifs is 1. The van der Waals surface area contributed by atoms with E-state index in [1.165, 1.54) is 4.90 Å². The standard InChI is InChI=1S/C34H44N4O6/c1-6-7-8-11-19-38(32(42)27(21-28(35)39)37-33(43)44-34(3,4)5)29(26-16-12-13-22(2)30(26)40)31(41)36-25-18-17-23-14-9-10-15-24(23)20-25/h9-10,12-18,20,27,29,40H,6-8,11,19,21H2,1-5H3,(H2,35,39)(H,36,41)(H,37,43). The molecule has 236 valence electrons. The number of phenolic OH excluding ortho intramolecular Hbond substituents is 1. The molecule has 3 rings (SSSR count). The number of amides is 4. The Kier molecular flexibility index (Phi) is 11.7. The van der Waals surface area contributed by atoms with Crippen LogP contribution in [-0.2, 0) is 19.1 Å². The summed E-state index contributed by atoms with van der Waals surface area (Å²) in [5, 5.41) is 18.4. The van der Waals surface area contributed by atoms with Crippen molar-refractivity contribution >= 4 is 40.3 Å². The summed E-state index contributed by atoms with van der Waals surface area (Å²) < 4.78 is 5.34. The Labute approximate surface area is 258 Å². The lowest BCUT2D eigenvalue weighted by atomic mass is 9.98. The third kappa shape index (κ3) is 9.45. The number of hydrogen-bond acceptors (Lipinski definition) is 6. The lowest BCUT2D eigenvalue weighted by Gasteiger charge is -2.34. The molecule has 10 nitrogen and oxygen atoms in total. The smallest absolute Gasteiger partial charge is 0.408 e. The van der Waals surface area contributed by atoms with Crippen LogP contribution in [0.5, 0.6) is 5.75 Å². The number of para-hydroxylation sites is 1. The lowest BCUT2D eigenvalue weighted by molar-refractivity contribution is -0.142. The average molecular weight is 605 g/mol. The average Bonchev–Trinajstić information content (AvgIpc) is 2.94. The van der Waals surface area contributed by atoms with Crippen molar-refractivity contribution in [1.29, 1.82) is 0 Å². The molecule has 0 fully saturated rings. The Balaban J connectivity index is 2.08. The molecular formula is C34H44N4O6. The van der Waals surface area contributed by atoms with Gasteiger partial charge in [0.1, 0.15) is 23.4 Å². The molecule has 3 aromatic carbocycles. The molecule has 0 spiro atoms. The van der Waals surface area contributed by atoms with Crippen molar-refractivity contribution < 1.29 is 29.0 Å². The van der Waals surface area contributed by atoms with Crippen molar-refractivity contribution in [1.82, 2.24) is 10.2 Å². The second kappa shape index (κ2) is 15.2. The second-order valence-corrected chi connectivity index (χ2v) is 11.9. The lowest BCUT2D eigenvalue weighted by Crippen LogP contribution is -2.53. The summed E-state index contributed by atoms with van der Waals surface area (Å²) >= 11 is 0. The van der Waals surface area contributed by atoms with Crippen molar-refractivity contribution in [2.24, 2.45) is 5.73 Å². The van der Waals surface area contributed by atoms with Gasteiger partial charge in [-0.3, -0.25) is 14.4 Å². The van der Waals surface area contributed by atoms with Crippen LogP contribution in [0.4, 0.5) is 10.5 Å². The minimum absolute atomic E-state index is 0.118. The molecule has 2 atom stereocenters. The van der Waals surface area contributed by atoms with Crippen LogP contribution in [0, 0.1) is 6.92 Å². The Bertz CT molecular complexity index is 1480. The maximum absolute atomic E-state index is 14.3. The molecule has 5 N–H and O–H groups in total. The highest BCUT2D eigenvalue weighted by Crippen LogP contribution is 2.34. The number of carbonyl (C=O) groups is 4. The van der Waals surface area contributed by atoms with Crippen LogP contribution in [-0.4, -0.2) is 52.0 Å². The highest BCUT2D eigenvalue weighted by Gasteiger charge is 2.38. The third-order valence-electron chi connectivity index (χ3n) is 7.07. The first kappa shape index (κ1) is 33.9. The van der Waals surface area contributed by atoms with Crippen molar-refractivity contribution in [3.8, 4) is 5.75 Å². The van der Waals surface area contributed by atoms with Gasteiger partial charge in [0.2, 0.25) is 11.8 Å². The van der Waals surface area contributed by atoms with Gasteiger partial charge < -0.3 is 31.1 Å². The first-order valence-corrected chi connectivity index (χ1v) is 15.0. The van der Waals surface area contributed by atoms with Crippen molar-refractivity contribution in [3.63, 3.8) is 0 Å². The van der Waals surface area contributed by atoms with E-state index in [2.05, 4.69) is 17.6 Å². The highest BCUT2D eigenvalue weighted by atomic mass is 16.6. The minimum Gasteiger partial charge on any atom is -0.507 e. The van der Waals surface area contributed by atoms with Gasteiger partial charge in [0, 0.05) is 17.8 Å². The summed E-state index contributed by atoms with van der Waals surface area (Å²) in [4.78, 5) is 54.6. The van der Waals surface area contributed by atoms with Crippen LogP contribution >= 0.6 is 0 Å². The zero-order valence-corrected chi connectivity index (χ0v) is 26.2. The molecule has 4 amide bonds. The molecule has 3 aromatic rings. The van der Waals surface area contributed by atoms with Crippen molar-refractivity contribution in [3.05, 3.63) is 71.8 Å². The topological polar surface area (TPSA) is 151 Å². The van der Waals surface area contributed by atoms with Crippen molar-refractivity contribution in [2.45, 2.75) is 84.4 Å². The third-order valence-corrected chi connectivity index (χ3v) is 7.07. The molecule has 0 aliphatic rings. The molecule has 0 aliphatic carbocycles. The van der Waals surface area contributed by atoms with E-state index in [1.807, 2.05) is 36.4 Å². The number of nitrogens with zero attached hydrogens (tertiary/aromatic N) is 1. The molecule has 0 aromatic heterocycles. The van der Waals surface area contributed by atoms with Gasteiger partial charge >= 0.3 is 6.09 Å². The van der Waals surface area contributed by atoms with Gasteiger partial charge in [0.25, 0.3) is 5.91 Å². The van der Waals surface area contributed by atoms with Gasteiger partial charge in [-0.1, -0.05) is 74.7 Å². The summed E-state index contributed by atoms with van der Waals surface area (Å²) in [7, 11) is 0. The summed E-state index contributed by atoms with van der Waals surface area (Å²) in [5.74, 6) is -2.23. The summed E-state index contributed by atoms with van der Waals surface area (Å²) in [6.45, 7) is 8.89. The predicted molar refractivity (Wildman–Crippen MR) is 171 cm³/mol. The van der Waals surface area contributed by atoms with E-state index in [0.29, 0.717) is 17.7 Å². The Morgan fingerprint density at radius 3 is 2.32 bits per heavy atom. The summed E-state index contributed by atoms with van der Waals surface area (Å²) in [6, 6.07) is 15.5. The number of unbranched alkanes of at least 4 members (excludes halogenated alkanes) is 3. The maximum atomic E-state index is 14.3. The van der Waals surface area contributed by atoms with E-state index in [9.17, 15) is 24.3 Å². The zero-order valence-electron chi connectivity index (χ0n) is 26.2. The highest BCUT2D eigenvalue weighted by molar-refractivity contribution is 6.01. The van der Waals surface area contributed by atoms with Crippen LogP contribution in [0.3, 0.4) is 0 Å². The summed E-state index contributed by atoms with van der Waals surface area (Å²) in [6.07, 6.45) is 1.76. The van der Waals surface area contributed by atoms with Gasteiger partial charge in [-0.15, -0.1) is 0 Å². The number of hydrogen-bond donors (Lipinski definition) is 4. The molecule has 0 saturated carbocycles. The van der Waals surface area contributed by atoms with E-state index in [1.54, 1.807) is 52.0 Å². The number of benzene rings is 3. The number of rotatable bonds is 13. The molecule has 44 heavy (non-hydrogen) atoms. The molecular weight excluding hydrogens is 560 g/mol. The normalized spacial score (nSPS) is 12.7. The molecule has 0 bridgehead atoms. The Morgan fingerprint density at radius 2 is 1.66 bits per heavy atom. The van der Waals surface area contributed by atoms with Crippen LogP contribution < -0.4 is 16.4 Å². The second-order valence-electron chi connectivity index (χ2n) is 11.9. The summed E-state index contributed by atoms with van der Waals surface area (Å²) in [5.41, 5.74) is 5.86. The van der Waals surface area contributed by atoms with E-state index in [0.717, 1.165) is 30.0 Å². The van der Waals surface area contributed by atoms with Crippen LogP contribution in [0.1, 0.15) is 77.0 Å². The fourth-order valence-electron chi connectivity index (χ4n) is 4.96. The minimum atomic E-state index is -1.41. The van der Waals surface area contributed by atoms with Gasteiger partial charge in [-0.25, -0.2) is 4.79 Å².